The molecule has 1 unspecified atom stereocenters. The largest absolute Gasteiger partial charge is 0.206 e. The van der Waals surface area contributed by atoms with Crippen LogP contribution in [0.25, 0.3) is 0 Å². The van der Waals surface area contributed by atoms with E-state index in [1.54, 1.807) is 12.1 Å². The molecule has 2 rings (SSSR count). The lowest BCUT2D eigenvalue weighted by Gasteiger charge is -2.12. The highest BCUT2D eigenvalue weighted by atomic mass is 35.5. The normalized spacial score (nSPS) is 11.5. The molecule has 0 N–H and O–H groups in total. The lowest BCUT2D eigenvalue weighted by molar-refractivity contribution is 0.623. The lowest BCUT2D eigenvalue weighted by atomic mass is 9.92. The molecule has 0 aliphatic heterocycles. The van der Waals surface area contributed by atoms with Crippen molar-refractivity contribution in [2.24, 2.45) is 0 Å². The number of nitrogens with zero attached hydrogens (tertiary/aromatic N) is 4. The molecule has 1 atom stereocenters. The van der Waals surface area contributed by atoms with Crippen LogP contribution in [0.4, 0.5) is 4.39 Å². The first-order valence-corrected chi connectivity index (χ1v) is 6.59. The van der Waals surface area contributed by atoms with Gasteiger partial charge in [0.05, 0.1) is 17.3 Å². The molecule has 4 nitrogen and oxygen atoms in total. The summed E-state index contributed by atoms with van der Waals surface area (Å²) in [6.45, 7) is 1.91. The first kappa shape index (κ1) is 14.9. The lowest BCUT2D eigenvalue weighted by Crippen LogP contribution is -2.07. The third kappa shape index (κ3) is 2.99. The molecule has 0 amide bonds. The van der Waals surface area contributed by atoms with E-state index < -0.39 is 11.7 Å². The fourth-order valence-corrected chi connectivity index (χ4v) is 2.21. The summed E-state index contributed by atoms with van der Waals surface area (Å²) in [6.07, 6.45) is 0.634. The second-order valence-electron chi connectivity index (χ2n) is 4.34. The molecule has 21 heavy (non-hydrogen) atoms. The molecule has 0 fully saturated rings. The summed E-state index contributed by atoms with van der Waals surface area (Å²) < 4.78 is 13.4. The van der Waals surface area contributed by atoms with Gasteiger partial charge in [-0.15, -0.1) is 5.10 Å². The van der Waals surface area contributed by atoms with E-state index in [9.17, 15) is 9.65 Å². The average Bonchev–Trinajstić information content (AvgIpc) is 2.50. The van der Waals surface area contributed by atoms with Crippen molar-refractivity contribution in [1.82, 2.24) is 10.2 Å². The van der Waals surface area contributed by atoms with Crippen molar-refractivity contribution in [1.29, 1.82) is 10.5 Å². The van der Waals surface area contributed by atoms with Crippen LogP contribution >= 0.6 is 11.6 Å². The van der Waals surface area contributed by atoms with Gasteiger partial charge < -0.3 is 0 Å². The smallest absolute Gasteiger partial charge is 0.152 e. The summed E-state index contributed by atoms with van der Waals surface area (Å²) in [5.74, 6) is -1.34. The van der Waals surface area contributed by atoms with E-state index in [0.29, 0.717) is 17.7 Å². The van der Waals surface area contributed by atoms with Crippen LogP contribution in [0.1, 0.15) is 35.2 Å². The standard InChI is InChI=1S/C15H10ClFN4/c1-2-9-6-14(16)20-21-15(9)12(8-19)10-3-4-13(17)11(5-10)7-18/h3-6,12H,2H2,1H3. The molecule has 2 aromatic rings. The van der Waals surface area contributed by atoms with Gasteiger partial charge in [-0.05, 0) is 35.7 Å². The number of hydrogen-bond acceptors (Lipinski definition) is 4. The molecule has 1 aromatic heterocycles. The molecule has 1 aromatic carbocycles. The second kappa shape index (κ2) is 6.30. The summed E-state index contributed by atoms with van der Waals surface area (Å²) in [5.41, 5.74) is 1.67. The van der Waals surface area contributed by atoms with Gasteiger partial charge in [-0.3, -0.25) is 0 Å². The number of hydrogen-bond donors (Lipinski definition) is 0. The van der Waals surface area contributed by atoms with E-state index in [2.05, 4.69) is 16.3 Å². The molecule has 6 heteroatoms. The summed E-state index contributed by atoms with van der Waals surface area (Å²) in [5, 5.41) is 26.3. The van der Waals surface area contributed by atoms with E-state index in [0.717, 1.165) is 5.56 Å². The zero-order valence-corrected chi connectivity index (χ0v) is 11.9. The highest BCUT2D eigenvalue weighted by Gasteiger charge is 2.20. The Morgan fingerprint density at radius 3 is 2.67 bits per heavy atom. The first-order chi connectivity index (χ1) is 10.1. The molecule has 0 aliphatic carbocycles. The van der Waals surface area contributed by atoms with E-state index in [1.165, 1.54) is 18.2 Å². The molecule has 0 saturated carbocycles. The summed E-state index contributed by atoms with van der Waals surface area (Å²) in [7, 11) is 0. The number of halogens is 2. The quantitative estimate of drug-likeness (QED) is 0.871. The van der Waals surface area contributed by atoms with Gasteiger partial charge in [0.25, 0.3) is 0 Å². The third-order valence-corrected chi connectivity index (χ3v) is 3.29. The number of benzene rings is 1. The Labute approximate surface area is 126 Å². The van der Waals surface area contributed by atoms with Crippen molar-refractivity contribution >= 4 is 11.6 Å². The van der Waals surface area contributed by atoms with Gasteiger partial charge in [-0.2, -0.15) is 15.6 Å². The van der Waals surface area contributed by atoms with Crippen LogP contribution in [-0.2, 0) is 6.42 Å². The van der Waals surface area contributed by atoms with Crippen molar-refractivity contribution in [3.8, 4) is 12.1 Å². The van der Waals surface area contributed by atoms with Gasteiger partial charge in [0.1, 0.15) is 17.8 Å². The Kier molecular flexibility index (Phi) is 4.47. The second-order valence-corrected chi connectivity index (χ2v) is 4.73. The van der Waals surface area contributed by atoms with Crippen LogP contribution < -0.4 is 0 Å². The number of rotatable bonds is 3. The molecule has 0 bridgehead atoms. The zero-order chi connectivity index (χ0) is 15.4. The van der Waals surface area contributed by atoms with Crippen molar-refractivity contribution < 1.29 is 4.39 Å². The minimum absolute atomic E-state index is 0.104. The maximum Gasteiger partial charge on any atom is 0.152 e. The van der Waals surface area contributed by atoms with Crippen LogP contribution in [0.2, 0.25) is 5.15 Å². The fraction of sp³-hybridized carbons (Fsp3) is 0.200. The van der Waals surface area contributed by atoms with Gasteiger partial charge in [0.15, 0.2) is 5.15 Å². The molecule has 0 spiro atoms. The van der Waals surface area contributed by atoms with Gasteiger partial charge in [0, 0.05) is 0 Å². The van der Waals surface area contributed by atoms with Gasteiger partial charge in [0.2, 0.25) is 0 Å². The monoisotopic (exact) mass is 300 g/mol. The van der Waals surface area contributed by atoms with Crippen LogP contribution in [0, 0.1) is 28.5 Å². The maximum atomic E-state index is 13.4. The molecular weight excluding hydrogens is 291 g/mol. The van der Waals surface area contributed by atoms with Crippen LogP contribution in [0.3, 0.4) is 0 Å². The van der Waals surface area contributed by atoms with Crippen LogP contribution in [0.5, 0.6) is 0 Å². The Bertz CT molecular complexity index is 761. The predicted octanol–water partition coefficient (Wildman–Crippen LogP) is 3.36. The highest BCUT2D eigenvalue weighted by Crippen LogP contribution is 2.27. The van der Waals surface area contributed by atoms with Gasteiger partial charge in [-0.1, -0.05) is 24.6 Å². The van der Waals surface area contributed by atoms with Gasteiger partial charge in [-0.25, -0.2) is 4.39 Å². The third-order valence-electron chi connectivity index (χ3n) is 3.10. The van der Waals surface area contributed by atoms with Crippen molar-refractivity contribution in [3.05, 3.63) is 57.6 Å². The fourth-order valence-electron chi connectivity index (χ4n) is 2.04. The average molecular weight is 301 g/mol. The molecule has 1 heterocycles. The summed E-state index contributed by atoms with van der Waals surface area (Å²) >= 11 is 5.81. The predicted molar refractivity (Wildman–Crippen MR) is 75.0 cm³/mol. The Morgan fingerprint density at radius 2 is 2.05 bits per heavy atom. The van der Waals surface area contributed by atoms with E-state index in [-0.39, 0.29) is 10.7 Å². The molecule has 0 saturated heterocycles. The Balaban J connectivity index is 2.56. The minimum atomic E-state index is -0.725. The number of aromatic nitrogens is 2. The zero-order valence-electron chi connectivity index (χ0n) is 11.1. The minimum Gasteiger partial charge on any atom is -0.206 e. The number of aryl methyl sites for hydroxylation is 1. The molecule has 0 radical (unpaired) electrons. The molecular formula is C15H10ClFN4. The van der Waals surface area contributed by atoms with Crippen molar-refractivity contribution in [2.75, 3.05) is 0 Å². The van der Waals surface area contributed by atoms with Crippen LogP contribution in [0.15, 0.2) is 24.3 Å². The summed E-state index contributed by atoms with van der Waals surface area (Å²) in [4.78, 5) is 0. The van der Waals surface area contributed by atoms with Crippen molar-refractivity contribution in [2.45, 2.75) is 19.3 Å². The maximum absolute atomic E-state index is 13.4. The van der Waals surface area contributed by atoms with Crippen molar-refractivity contribution in [3.63, 3.8) is 0 Å². The van der Waals surface area contributed by atoms with Crippen LogP contribution in [-0.4, -0.2) is 10.2 Å². The SMILES string of the molecule is CCc1cc(Cl)nnc1C(C#N)c1ccc(F)c(C#N)c1. The Hall–Kier alpha value is -2.50. The Morgan fingerprint density at radius 1 is 1.29 bits per heavy atom. The molecule has 0 aliphatic rings. The first-order valence-electron chi connectivity index (χ1n) is 6.21. The van der Waals surface area contributed by atoms with E-state index in [4.69, 9.17) is 16.9 Å². The molecule has 104 valence electrons. The van der Waals surface area contributed by atoms with E-state index >= 15 is 0 Å². The van der Waals surface area contributed by atoms with Gasteiger partial charge >= 0.3 is 0 Å². The topological polar surface area (TPSA) is 73.4 Å². The van der Waals surface area contributed by atoms with E-state index in [1.807, 2.05) is 6.92 Å². The number of nitriles is 2. The summed E-state index contributed by atoms with van der Waals surface area (Å²) in [6, 6.07) is 9.55. The highest BCUT2D eigenvalue weighted by molar-refractivity contribution is 6.29.